The molecule has 41 heavy (non-hydrogen) atoms. The molecule has 1 aromatic rings. The first-order chi connectivity index (χ1) is 19.6. The van der Waals surface area contributed by atoms with Gasteiger partial charge in [0.25, 0.3) is 5.91 Å². The number of carbonyl (C=O) groups is 2. The van der Waals surface area contributed by atoms with Crippen molar-refractivity contribution >= 4 is 17.6 Å². The van der Waals surface area contributed by atoms with Gasteiger partial charge in [-0.3, -0.25) is 4.79 Å². The number of morpholine rings is 1. The van der Waals surface area contributed by atoms with Crippen molar-refractivity contribution in [1.82, 2.24) is 9.80 Å². The number of hydrogen-bond donors (Lipinski definition) is 1. The van der Waals surface area contributed by atoms with Crippen LogP contribution in [0.3, 0.4) is 0 Å². The zero-order chi connectivity index (χ0) is 30.6. The number of aliphatic carboxylic acids is 1. The molecule has 1 atom stereocenters. The summed E-state index contributed by atoms with van der Waals surface area (Å²) in [7, 11) is 3.91. The summed E-state index contributed by atoms with van der Waals surface area (Å²) in [5.41, 5.74) is 3.80. The first-order valence-electron chi connectivity index (χ1n) is 14.9. The maximum Gasteiger partial charge on any atom is 0.335 e. The molecule has 0 radical (unpaired) electrons. The van der Waals surface area contributed by atoms with Gasteiger partial charge in [-0.1, -0.05) is 59.4 Å². The monoisotopic (exact) mass is 569 g/mol. The number of piperidine rings is 1. The molecule has 2 fully saturated rings. The lowest BCUT2D eigenvalue weighted by atomic mass is 9.88. The Morgan fingerprint density at radius 3 is 2.54 bits per heavy atom. The van der Waals surface area contributed by atoms with E-state index < -0.39 is 11.6 Å². The smallest absolute Gasteiger partial charge is 0.335 e. The topological polar surface area (TPSA) is 82.5 Å². The molecule has 2 aliphatic heterocycles. The van der Waals surface area contributed by atoms with Gasteiger partial charge >= 0.3 is 5.97 Å². The number of rotatable bonds is 13. The molecule has 1 aromatic carbocycles. The fourth-order valence-electron chi connectivity index (χ4n) is 5.37. The van der Waals surface area contributed by atoms with E-state index in [-0.39, 0.29) is 18.1 Å². The van der Waals surface area contributed by atoms with Gasteiger partial charge in [0.1, 0.15) is 6.61 Å². The van der Waals surface area contributed by atoms with Crippen molar-refractivity contribution < 1.29 is 24.2 Å². The average Bonchev–Trinajstić information content (AvgIpc) is 2.98. The number of benzene rings is 1. The van der Waals surface area contributed by atoms with Gasteiger partial charge in [-0.2, -0.15) is 0 Å². The van der Waals surface area contributed by atoms with E-state index in [4.69, 9.17) is 14.6 Å². The minimum atomic E-state index is -1.10. The maximum atomic E-state index is 12.6. The van der Waals surface area contributed by atoms with E-state index in [9.17, 15) is 9.59 Å². The molecule has 0 bridgehead atoms. The summed E-state index contributed by atoms with van der Waals surface area (Å²) in [6, 6.07) is 6.70. The third-order valence-corrected chi connectivity index (χ3v) is 7.84. The van der Waals surface area contributed by atoms with Crippen molar-refractivity contribution in [2.24, 2.45) is 0 Å². The maximum absolute atomic E-state index is 12.6. The zero-order valence-electron chi connectivity index (χ0n) is 26.1. The Bertz CT molecular complexity index is 1070. The van der Waals surface area contributed by atoms with E-state index in [0.29, 0.717) is 24.8 Å². The summed E-state index contributed by atoms with van der Waals surface area (Å²) >= 11 is 0. The van der Waals surface area contributed by atoms with Gasteiger partial charge in [0, 0.05) is 51.7 Å². The second-order valence-corrected chi connectivity index (χ2v) is 10.9. The van der Waals surface area contributed by atoms with Crippen molar-refractivity contribution in [3.63, 3.8) is 0 Å². The van der Waals surface area contributed by atoms with Crippen LogP contribution < -0.4 is 4.90 Å². The number of carbonyl (C=O) groups excluding carboxylic acids is 1. The van der Waals surface area contributed by atoms with E-state index in [1.807, 2.05) is 13.8 Å². The predicted molar refractivity (Wildman–Crippen MR) is 166 cm³/mol. The van der Waals surface area contributed by atoms with E-state index in [2.05, 4.69) is 62.1 Å². The van der Waals surface area contributed by atoms with Crippen LogP contribution in [0.15, 0.2) is 54.8 Å². The summed E-state index contributed by atoms with van der Waals surface area (Å²) in [6.07, 6.45) is 6.87. The van der Waals surface area contributed by atoms with Crippen LogP contribution in [0.5, 0.6) is 0 Å². The Balaban J connectivity index is 0.00000287. The van der Waals surface area contributed by atoms with Crippen LogP contribution in [0.4, 0.5) is 5.69 Å². The third kappa shape index (κ3) is 9.55. The van der Waals surface area contributed by atoms with Crippen molar-refractivity contribution in [1.29, 1.82) is 0 Å². The number of likely N-dealkylation sites (tertiary alicyclic amines) is 1. The lowest BCUT2D eigenvalue weighted by Gasteiger charge is -2.47. The predicted octanol–water partition coefficient (Wildman–Crippen LogP) is 5.60. The molecule has 8 nitrogen and oxygen atoms in total. The molecule has 228 valence electrons. The molecule has 2 aliphatic rings. The number of unbranched alkanes of at least 4 members (excludes halogenated alkanes) is 1. The summed E-state index contributed by atoms with van der Waals surface area (Å²) in [5.74, 6) is -0.910. The van der Waals surface area contributed by atoms with Crippen LogP contribution in [-0.2, 0) is 25.7 Å². The number of anilines is 1. The number of hydrogen-bond acceptors (Lipinski definition) is 6. The third-order valence-electron chi connectivity index (χ3n) is 7.84. The lowest BCUT2D eigenvalue weighted by molar-refractivity contribution is -0.167. The summed E-state index contributed by atoms with van der Waals surface area (Å²) in [5, 5.41) is 9.03. The first kappa shape index (κ1) is 34.3. The van der Waals surface area contributed by atoms with Gasteiger partial charge in [0.2, 0.25) is 0 Å². The highest BCUT2D eigenvalue weighted by atomic mass is 16.5. The Labute approximate surface area is 247 Å². The highest BCUT2D eigenvalue weighted by Crippen LogP contribution is 2.34. The van der Waals surface area contributed by atoms with Gasteiger partial charge in [-0.25, -0.2) is 4.79 Å². The quantitative estimate of drug-likeness (QED) is 0.244. The Morgan fingerprint density at radius 2 is 1.93 bits per heavy atom. The number of allylic oxidation sites excluding steroid dienone is 1. The number of nitrogens with zero attached hydrogens (tertiary/aromatic N) is 3. The standard InChI is InChI=1S/C31H45N3O5.C2H6/c1-7-8-15-32(5)28-18-26(20-38-6)11-12-27(28)24(3)19-33-16-13-31(14-17-33)22-34(29(35)21-39-31)25(4)10-9-23(2)30(36)37;1-2/h9-12,18,24H,2,4,7-8,13-17,19-22H2,1,3,5-6H3,(H,36,37);1-2H3/b10-9-;. The Kier molecular flexibility index (Phi) is 13.8. The molecular weight excluding hydrogens is 518 g/mol. The minimum Gasteiger partial charge on any atom is -0.478 e. The van der Waals surface area contributed by atoms with Crippen LogP contribution in [0, 0.1) is 0 Å². The SMILES string of the molecule is C=C(/C=C\C(=C)N1CC2(CCN(CC(C)c3ccc(COC)cc3N(C)CCCC)CC2)OCC1=O)C(=O)O.CC. The van der Waals surface area contributed by atoms with Gasteiger partial charge in [-0.15, -0.1) is 0 Å². The van der Waals surface area contributed by atoms with Crippen LogP contribution in [0.1, 0.15) is 70.4 Å². The van der Waals surface area contributed by atoms with E-state index in [0.717, 1.165) is 51.9 Å². The van der Waals surface area contributed by atoms with E-state index >= 15 is 0 Å². The highest BCUT2D eigenvalue weighted by Gasteiger charge is 2.42. The van der Waals surface area contributed by atoms with Crippen LogP contribution in [0.2, 0.25) is 0 Å². The number of methoxy groups -OCH3 is 1. The first-order valence-corrected chi connectivity index (χ1v) is 14.9. The zero-order valence-corrected chi connectivity index (χ0v) is 26.1. The van der Waals surface area contributed by atoms with Crippen LogP contribution in [-0.4, -0.2) is 85.9 Å². The summed E-state index contributed by atoms with van der Waals surface area (Å²) in [6.45, 7) is 20.8. The molecule has 1 N–H and O–H groups in total. The number of carboxylic acid groups (broad SMARTS) is 1. The van der Waals surface area contributed by atoms with Crippen molar-refractivity contribution in [3.8, 4) is 0 Å². The lowest BCUT2D eigenvalue weighted by Crippen LogP contribution is -2.58. The fourth-order valence-corrected chi connectivity index (χ4v) is 5.37. The molecular formula is C33H51N3O5. The van der Waals surface area contributed by atoms with E-state index in [1.165, 1.54) is 29.0 Å². The fraction of sp³-hybridized carbons (Fsp3) is 0.576. The molecule has 0 aromatic heterocycles. The molecule has 8 heteroatoms. The average molecular weight is 570 g/mol. The Morgan fingerprint density at radius 1 is 1.24 bits per heavy atom. The van der Waals surface area contributed by atoms with Crippen LogP contribution in [0.25, 0.3) is 0 Å². The van der Waals surface area contributed by atoms with Crippen molar-refractivity contribution in [3.05, 3.63) is 65.9 Å². The molecule has 1 amide bonds. The van der Waals surface area contributed by atoms with Gasteiger partial charge in [-0.05, 0) is 54.5 Å². The highest BCUT2D eigenvalue weighted by molar-refractivity contribution is 5.89. The van der Waals surface area contributed by atoms with Gasteiger partial charge in [0.05, 0.1) is 24.3 Å². The van der Waals surface area contributed by atoms with Crippen molar-refractivity contribution in [2.45, 2.75) is 71.5 Å². The number of carboxylic acids is 1. The van der Waals surface area contributed by atoms with Gasteiger partial charge in [0.15, 0.2) is 0 Å². The molecule has 2 saturated heterocycles. The second kappa shape index (κ2) is 16.5. The number of amides is 1. The largest absolute Gasteiger partial charge is 0.478 e. The molecule has 0 saturated carbocycles. The second-order valence-electron chi connectivity index (χ2n) is 10.9. The number of ether oxygens (including phenoxy) is 2. The summed E-state index contributed by atoms with van der Waals surface area (Å²) < 4.78 is 11.5. The molecule has 2 heterocycles. The molecule has 1 unspecified atom stereocenters. The van der Waals surface area contributed by atoms with Crippen molar-refractivity contribution in [2.75, 3.05) is 58.4 Å². The van der Waals surface area contributed by atoms with Crippen LogP contribution >= 0.6 is 0 Å². The van der Waals surface area contributed by atoms with Gasteiger partial charge < -0.3 is 29.3 Å². The normalized spacial score (nSPS) is 17.7. The molecule has 3 rings (SSSR count). The summed E-state index contributed by atoms with van der Waals surface area (Å²) in [4.78, 5) is 30.1. The minimum absolute atomic E-state index is 0.00438. The van der Waals surface area contributed by atoms with E-state index in [1.54, 1.807) is 12.0 Å². The Hall–Kier alpha value is -2.94. The molecule has 1 spiro atoms. The molecule has 0 aliphatic carbocycles.